The number of hydrogen-bond acceptors (Lipinski definition) is 5. The van der Waals surface area contributed by atoms with Gasteiger partial charge in [0.05, 0.1) is 11.7 Å². The van der Waals surface area contributed by atoms with Gasteiger partial charge in [-0.15, -0.1) is 0 Å². The maximum atomic E-state index is 11.2. The van der Waals surface area contributed by atoms with Crippen LogP contribution in [0.3, 0.4) is 0 Å². The van der Waals surface area contributed by atoms with Gasteiger partial charge in [-0.25, -0.2) is 0 Å². The maximum Gasteiger partial charge on any atom is 0.146 e. The highest BCUT2D eigenvalue weighted by Gasteiger charge is 2.07. The van der Waals surface area contributed by atoms with Crippen molar-refractivity contribution in [2.45, 2.75) is 6.04 Å². The Morgan fingerprint density at radius 2 is 2.31 bits per heavy atom. The van der Waals surface area contributed by atoms with Crippen LogP contribution in [-0.2, 0) is 20.3 Å². The molecule has 2 atom stereocenters. The summed E-state index contributed by atoms with van der Waals surface area (Å²) < 4.78 is 20.9. The first kappa shape index (κ1) is 13.4. The lowest BCUT2D eigenvalue weighted by atomic mass is 10.4. The Morgan fingerprint density at radius 3 is 2.85 bits per heavy atom. The molecule has 2 N–H and O–H groups in total. The van der Waals surface area contributed by atoms with Crippen molar-refractivity contribution in [1.29, 1.82) is 0 Å². The Hall–Kier alpha value is 0.380. The van der Waals surface area contributed by atoms with Gasteiger partial charge in [0.2, 0.25) is 0 Å². The summed E-state index contributed by atoms with van der Waals surface area (Å²) in [6.45, 7) is 0.636. The molecule has 0 aliphatic carbocycles. The predicted octanol–water partition coefficient (Wildman–Crippen LogP) is 0.00340. The van der Waals surface area contributed by atoms with E-state index in [-0.39, 0.29) is 12.8 Å². The van der Waals surface area contributed by atoms with Gasteiger partial charge in [0.15, 0.2) is 0 Å². The van der Waals surface area contributed by atoms with E-state index in [0.717, 1.165) is 0 Å². The van der Waals surface area contributed by atoms with Gasteiger partial charge in [0, 0.05) is 29.7 Å². The number of thioether (sulfide) groups is 1. The molecule has 13 heavy (non-hydrogen) atoms. The van der Waals surface area contributed by atoms with E-state index in [0.29, 0.717) is 17.4 Å². The maximum absolute atomic E-state index is 11.2. The fourth-order valence-corrected chi connectivity index (χ4v) is 2.76. The molecule has 0 aliphatic rings. The second-order valence-electron chi connectivity index (χ2n) is 2.55. The third-order valence-electron chi connectivity index (χ3n) is 1.18. The van der Waals surface area contributed by atoms with Crippen LogP contribution in [0.15, 0.2) is 0 Å². The monoisotopic (exact) mass is 227 g/mol. The molecule has 0 spiro atoms. The predicted molar refractivity (Wildman–Crippen MR) is 57.2 cm³/mol. The average Bonchev–Trinajstić information content (AvgIpc) is 2.05. The van der Waals surface area contributed by atoms with Crippen LogP contribution in [0.1, 0.15) is 0 Å². The molecule has 1 unspecified atom stereocenters. The van der Waals surface area contributed by atoms with E-state index in [1.54, 1.807) is 18.9 Å². The summed E-state index contributed by atoms with van der Waals surface area (Å²) in [4.78, 5) is 0. The number of nitrogens with two attached hydrogens (primary N) is 1. The van der Waals surface area contributed by atoms with E-state index in [4.69, 9.17) is 10.5 Å². The zero-order valence-electron chi connectivity index (χ0n) is 8.02. The van der Waals surface area contributed by atoms with Crippen LogP contribution in [-0.4, -0.2) is 47.9 Å². The molecule has 0 heterocycles. The van der Waals surface area contributed by atoms with Crippen molar-refractivity contribution in [3.63, 3.8) is 0 Å². The molecule has 0 bridgehead atoms. The largest absolute Gasteiger partial charge is 0.359 e. The van der Waals surface area contributed by atoms with E-state index >= 15 is 0 Å². The smallest absolute Gasteiger partial charge is 0.146 e. The second-order valence-corrected chi connectivity index (χ2v) is 5.28. The molecule has 0 saturated carbocycles. The van der Waals surface area contributed by atoms with Crippen molar-refractivity contribution in [3.8, 4) is 0 Å². The van der Waals surface area contributed by atoms with Gasteiger partial charge < -0.3 is 15.2 Å². The lowest BCUT2D eigenvalue weighted by molar-refractivity contribution is -0.0334. The lowest BCUT2D eigenvalue weighted by Gasteiger charge is -2.10. The number of methoxy groups -OCH3 is 1. The third-order valence-corrected chi connectivity index (χ3v) is 3.98. The number of ether oxygens (including phenoxy) is 2. The van der Waals surface area contributed by atoms with Crippen molar-refractivity contribution < 1.29 is 13.7 Å². The van der Waals surface area contributed by atoms with E-state index in [2.05, 4.69) is 4.74 Å². The van der Waals surface area contributed by atoms with Crippen LogP contribution in [0.5, 0.6) is 0 Å². The summed E-state index contributed by atoms with van der Waals surface area (Å²) in [5, 5.41) is 0.637. The SMILES string of the molecule is COCOC[C@@H](N)CS(=O)CSC. The van der Waals surface area contributed by atoms with Crippen LogP contribution in [0.25, 0.3) is 0 Å². The van der Waals surface area contributed by atoms with E-state index < -0.39 is 10.8 Å². The Labute approximate surface area is 86.0 Å². The molecule has 80 valence electrons. The molecule has 0 amide bonds. The van der Waals surface area contributed by atoms with Gasteiger partial charge in [0.1, 0.15) is 6.79 Å². The zero-order chi connectivity index (χ0) is 10.1. The Kier molecular flexibility index (Phi) is 9.22. The van der Waals surface area contributed by atoms with Crippen LogP contribution in [0.4, 0.5) is 0 Å². The van der Waals surface area contributed by atoms with Crippen molar-refractivity contribution in [3.05, 3.63) is 0 Å². The molecule has 0 aromatic carbocycles. The number of rotatable bonds is 8. The molecule has 0 aromatic heterocycles. The molecule has 0 rings (SSSR count). The highest BCUT2D eigenvalue weighted by molar-refractivity contribution is 8.09. The normalized spacial score (nSPS) is 15.6. The first-order valence-corrected chi connectivity index (χ1v) is 6.75. The van der Waals surface area contributed by atoms with Crippen molar-refractivity contribution in [2.24, 2.45) is 5.73 Å². The van der Waals surface area contributed by atoms with Crippen molar-refractivity contribution in [2.75, 3.05) is 37.6 Å². The van der Waals surface area contributed by atoms with Gasteiger partial charge >= 0.3 is 0 Å². The quantitative estimate of drug-likeness (QED) is 0.467. The highest BCUT2D eigenvalue weighted by atomic mass is 32.2. The Morgan fingerprint density at radius 1 is 1.62 bits per heavy atom. The zero-order valence-corrected chi connectivity index (χ0v) is 9.66. The average molecular weight is 227 g/mol. The summed E-state index contributed by atoms with van der Waals surface area (Å²) in [6.07, 6.45) is 1.92. The second kappa shape index (κ2) is 8.96. The molecule has 0 aliphatic heterocycles. The number of hydrogen-bond donors (Lipinski definition) is 1. The third kappa shape index (κ3) is 8.70. The lowest BCUT2D eigenvalue weighted by Crippen LogP contribution is -2.32. The first-order valence-electron chi connectivity index (χ1n) is 3.87. The minimum absolute atomic E-state index is 0.164. The molecule has 4 nitrogen and oxygen atoms in total. The fraction of sp³-hybridized carbons (Fsp3) is 1.00. The van der Waals surface area contributed by atoms with E-state index in [9.17, 15) is 4.21 Å². The van der Waals surface area contributed by atoms with E-state index in [1.165, 1.54) is 0 Å². The molecule has 0 saturated heterocycles. The molecule has 0 aromatic rings. The van der Waals surface area contributed by atoms with Crippen LogP contribution >= 0.6 is 11.8 Å². The Bertz CT molecular complexity index is 146. The van der Waals surface area contributed by atoms with Gasteiger partial charge in [-0.1, -0.05) is 0 Å². The summed E-state index contributed by atoms with van der Waals surface area (Å²) >= 11 is 1.56. The van der Waals surface area contributed by atoms with Gasteiger partial charge in [-0.05, 0) is 6.26 Å². The van der Waals surface area contributed by atoms with Crippen molar-refractivity contribution in [1.82, 2.24) is 0 Å². The molecular weight excluding hydrogens is 210 g/mol. The van der Waals surface area contributed by atoms with E-state index in [1.807, 2.05) is 6.26 Å². The minimum atomic E-state index is -0.838. The Balaban J connectivity index is 3.38. The van der Waals surface area contributed by atoms with Gasteiger partial charge in [-0.2, -0.15) is 11.8 Å². The van der Waals surface area contributed by atoms with Gasteiger partial charge in [0.25, 0.3) is 0 Å². The summed E-state index contributed by atoms with van der Waals surface area (Å²) in [6, 6.07) is -0.164. The van der Waals surface area contributed by atoms with Crippen LogP contribution < -0.4 is 5.73 Å². The minimum Gasteiger partial charge on any atom is -0.359 e. The molecule has 0 radical (unpaired) electrons. The van der Waals surface area contributed by atoms with Gasteiger partial charge in [-0.3, -0.25) is 4.21 Å². The molecule has 6 heteroatoms. The molecular formula is C7H17NO3S2. The highest BCUT2D eigenvalue weighted by Crippen LogP contribution is 1.98. The summed E-state index contributed by atoms with van der Waals surface area (Å²) in [7, 11) is 0.715. The summed E-state index contributed by atoms with van der Waals surface area (Å²) in [5.74, 6) is 0.491. The topological polar surface area (TPSA) is 61.6 Å². The first-order chi connectivity index (χ1) is 6.20. The summed E-state index contributed by atoms with van der Waals surface area (Å²) in [5.41, 5.74) is 5.66. The van der Waals surface area contributed by atoms with Crippen LogP contribution in [0.2, 0.25) is 0 Å². The fourth-order valence-electron chi connectivity index (χ4n) is 0.749. The van der Waals surface area contributed by atoms with Crippen molar-refractivity contribution >= 4 is 22.6 Å². The standard InChI is InChI=1S/C7H17NO3S2/c1-10-5-11-3-7(8)4-13(9)6-12-2/h7H,3-6,8H2,1-2H3/t7-,13?/m1/s1. The van der Waals surface area contributed by atoms with Crippen LogP contribution in [0, 0.1) is 0 Å². The molecule has 0 fully saturated rings.